The highest BCUT2D eigenvalue weighted by Gasteiger charge is 2.07. The maximum atomic E-state index is 13.5. The predicted octanol–water partition coefficient (Wildman–Crippen LogP) is 2.68. The minimum absolute atomic E-state index is 0.214. The van der Waals surface area contributed by atoms with Crippen LogP contribution < -0.4 is 4.74 Å². The standard InChI is InChI=1S/C13H19FO3/c1-3-16-7-4-8-17-13-6-5-11(10(2)15)9-12(13)14/h5-6,9-10,15H,3-4,7-8H2,1-2H3/t10-/m1/s1. The largest absolute Gasteiger partial charge is 0.490 e. The van der Waals surface area contributed by atoms with E-state index >= 15 is 0 Å². The molecule has 0 fully saturated rings. The molecule has 4 heteroatoms. The van der Waals surface area contributed by atoms with E-state index in [0.29, 0.717) is 25.4 Å². The van der Waals surface area contributed by atoms with Gasteiger partial charge in [-0.05, 0) is 31.5 Å². The summed E-state index contributed by atoms with van der Waals surface area (Å²) in [6, 6.07) is 4.49. The van der Waals surface area contributed by atoms with Crippen molar-refractivity contribution in [3.63, 3.8) is 0 Å². The molecule has 0 spiro atoms. The molecule has 0 aliphatic rings. The highest BCUT2D eigenvalue weighted by Crippen LogP contribution is 2.21. The molecule has 3 nitrogen and oxygen atoms in total. The molecule has 0 aliphatic heterocycles. The number of hydrogen-bond donors (Lipinski definition) is 1. The zero-order chi connectivity index (χ0) is 12.7. The van der Waals surface area contributed by atoms with Crippen molar-refractivity contribution in [1.82, 2.24) is 0 Å². The van der Waals surface area contributed by atoms with E-state index in [1.54, 1.807) is 13.0 Å². The molecular formula is C13H19FO3. The second kappa shape index (κ2) is 7.25. The fraction of sp³-hybridized carbons (Fsp3) is 0.538. The molecule has 0 unspecified atom stereocenters. The first-order valence-electron chi connectivity index (χ1n) is 5.83. The topological polar surface area (TPSA) is 38.7 Å². The summed E-state index contributed by atoms with van der Waals surface area (Å²) < 4.78 is 23.9. The van der Waals surface area contributed by atoms with Crippen molar-refractivity contribution in [2.24, 2.45) is 0 Å². The first kappa shape index (κ1) is 13.9. The lowest BCUT2D eigenvalue weighted by Crippen LogP contribution is -2.04. The minimum Gasteiger partial charge on any atom is -0.490 e. The molecule has 0 bridgehead atoms. The quantitative estimate of drug-likeness (QED) is 0.747. The molecule has 0 saturated carbocycles. The summed E-state index contributed by atoms with van der Waals surface area (Å²) in [5.41, 5.74) is 0.546. The molecule has 1 aromatic rings. The Morgan fingerprint density at radius 1 is 1.35 bits per heavy atom. The summed E-state index contributed by atoms with van der Waals surface area (Å²) in [4.78, 5) is 0. The lowest BCUT2D eigenvalue weighted by molar-refractivity contribution is 0.130. The molecule has 0 aromatic heterocycles. The van der Waals surface area contributed by atoms with Gasteiger partial charge >= 0.3 is 0 Å². The Balaban J connectivity index is 2.43. The van der Waals surface area contributed by atoms with E-state index in [2.05, 4.69) is 0 Å². The third-order valence-electron chi connectivity index (χ3n) is 2.33. The van der Waals surface area contributed by atoms with Gasteiger partial charge in [0.25, 0.3) is 0 Å². The van der Waals surface area contributed by atoms with E-state index in [-0.39, 0.29) is 5.75 Å². The maximum Gasteiger partial charge on any atom is 0.165 e. The van der Waals surface area contributed by atoms with E-state index in [9.17, 15) is 9.50 Å². The summed E-state index contributed by atoms with van der Waals surface area (Å²) in [5.74, 6) is -0.231. The average molecular weight is 242 g/mol. The maximum absolute atomic E-state index is 13.5. The Morgan fingerprint density at radius 2 is 2.12 bits per heavy atom. The summed E-state index contributed by atoms with van der Waals surface area (Å²) >= 11 is 0. The predicted molar refractivity (Wildman–Crippen MR) is 63.6 cm³/mol. The Bertz CT molecular complexity index is 339. The second-order valence-electron chi connectivity index (χ2n) is 3.76. The third kappa shape index (κ3) is 4.71. The van der Waals surface area contributed by atoms with Crippen molar-refractivity contribution in [3.05, 3.63) is 29.6 Å². The van der Waals surface area contributed by atoms with Crippen molar-refractivity contribution in [2.75, 3.05) is 19.8 Å². The van der Waals surface area contributed by atoms with Crippen LogP contribution in [0.1, 0.15) is 31.9 Å². The Morgan fingerprint density at radius 3 is 2.71 bits per heavy atom. The van der Waals surface area contributed by atoms with Crippen LogP contribution in [0, 0.1) is 5.82 Å². The van der Waals surface area contributed by atoms with E-state index < -0.39 is 11.9 Å². The van der Waals surface area contributed by atoms with Crippen molar-refractivity contribution in [3.8, 4) is 5.75 Å². The van der Waals surface area contributed by atoms with Gasteiger partial charge in [-0.15, -0.1) is 0 Å². The van der Waals surface area contributed by atoms with Crippen LogP contribution in [-0.2, 0) is 4.74 Å². The van der Waals surface area contributed by atoms with Crippen LogP contribution in [-0.4, -0.2) is 24.9 Å². The van der Waals surface area contributed by atoms with Gasteiger partial charge in [-0.3, -0.25) is 0 Å². The van der Waals surface area contributed by atoms with Gasteiger partial charge < -0.3 is 14.6 Å². The number of hydrogen-bond acceptors (Lipinski definition) is 3. The SMILES string of the molecule is CCOCCCOc1ccc([C@@H](C)O)cc1F. The third-order valence-corrected chi connectivity index (χ3v) is 2.33. The molecule has 17 heavy (non-hydrogen) atoms. The van der Waals surface area contributed by atoms with Crippen LogP contribution in [0.5, 0.6) is 5.75 Å². The second-order valence-corrected chi connectivity index (χ2v) is 3.76. The van der Waals surface area contributed by atoms with E-state index in [4.69, 9.17) is 9.47 Å². The van der Waals surface area contributed by atoms with Crippen LogP contribution in [0.2, 0.25) is 0 Å². The van der Waals surface area contributed by atoms with Crippen molar-refractivity contribution >= 4 is 0 Å². The smallest absolute Gasteiger partial charge is 0.165 e. The van der Waals surface area contributed by atoms with Crippen molar-refractivity contribution in [2.45, 2.75) is 26.4 Å². The lowest BCUT2D eigenvalue weighted by atomic mass is 10.1. The molecule has 0 radical (unpaired) electrons. The molecule has 96 valence electrons. The number of rotatable bonds is 7. The van der Waals surface area contributed by atoms with E-state index in [0.717, 1.165) is 6.42 Å². The monoisotopic (exact) mass is 242 g/mol. The van der Waals surface area contributed by atoms with Crippen LogP contribution in [0.25, 0.3) is 0 Å². The number of ether oxygens (including phenoxy) is 2. The highest BCUT2D eigenvalue weighted by atomic mass is 19.1. The number of halogens is 1. The van der Waals surface area contributed by atoms with Crippen LogP contribution in [0.3, 0.4) is 0 Å². The zero-order valence-electron chi connectivity index (χ0n) is 10.3. The summed E-state index contributed by atoms with van der Waals surface area (Å²) in [5, 5.41) is 9.29. The van der Waals surface area contributed by atoms with Gasteiger partial charge in [0, 0.05) is 19.6 Å². The van der Waals surface area contributed by atoms with Crippen LogP contribution in [0.15, 0.2) is 18.2 Å². The molecule has 1 rings (SSSR count). The van der Waals surface area contributed by atoms with E-state index in [1.807, 2.05) is 6.92 Å². The molecular weight excluding hydrogens is 223 g/mol. The molecule has 0 amide bonds. The van der Waals surface area contributed by atoms with Gasteiger partial charge in [0.05, 0.1) is 12.7 Å². The van der Waals surface area contributed by atoms with Gasteiger partial charge in [-0.1, -0.05) is 6.07 Å². The van der Waals surface area contributed by atoms with Gasteiger partial charge in [-0.25, -0.2) is 4.39 Å². The Labute approximate surface area is 101 Å². The first-order chi connectivity index (χ1) is 8.15. The minimum atomic E-state index is -0.670. The van der Waals surface area contributed by atoms with Gasteiger partial charge in [0.2, 0.25) is 0 Å². The summed E-state index contributed by atoms with van der Waals surface area (Å²) in [6.45, 7) is 5.24. The fourth-order valence-electron chi connectivity index (χ4n) is 1.38. The van der Waals surface area contributed by atoms with Gasteiger partial charge in [0.1, 0.15) is 0 Å². The normalized spacial score (nSPS) is 12.5. The van der Waals surface area contributed by atoms with Gasteiger partial charge in [-0.2, -0.15) is 0 Å². The van der Waals surface area contributed by atoms with E-state index in [1.165, 1.54) is 12.1 Å². The lowest BCUT2D eigenvalue weighted by Gasteiger charge is -2.10. The summed E-state index contributed by atoms with van der Waals surface area (Å²) in [6.07, 6.45) is 0.0577. The zero-order valence-corrected chi connectivity index (χ0v) is 10.3. The van der Waals surface area contributed by atoms with Crippen molar-refractivity contribution < 1.29 is 19.0 Å². The number of benzene rings is 1. The van der Waals surface area contributed by atoms with Gasteiger partial charge in [0.15, 0.2) is 11.6 Å². The van der Waals surface area contributed by atoms with Crippen LogP contribution >= 0.6 is 0 Å². The molecule has 0 aliphatic carbocycles. The first-order valence-corrected chi connectivity index (χ1v) is 5.83. The van der Waals surface area contributed by atoms with Crippen molar-refractivity contribution in [1.29, 1.82) is 0 Å². The highest BCUT2D eigenvalue weighted by molar-refractivity contribution is 5.30. The number of aliphatic hydroxyl groups excluding tert-OH is 1. The summed E-state index contributed by atoms with van der Waals surface area (Å²) in [7, 11) is 0. The molecule has 0 heterocycles. The molecule has 1 atom stereocenters. The molecule has 0 saturated heterocycles. The number of aliphatic hydroxyl groups is 1. The Kier molecular flexibility index (Phi) is 5.94. The fourth-order valence-corrected chi connectivity index (χ4v) is 1.38. The average Bonchev–Trinajstić information content (AvgIpc) is 2.30. The van der Waals surface area contributed by atoms with Crippen LogP contribution in [0.4, 0.5) is 4.39 Å². The molecule has 1 N–H and O–H groups in total. The Hall–Kier alpha value is -1.13. The molecule has 1 aromatic carbocycles.